The molecule has 1 aromatic carbocycles. The Labute approximate surface area is 86.0 Å². The smallest absolute Gasteiger partial charge is 0.379 e. The molecular formula is C11H11N2O2+. The molecule has 0 fully saturated rings. The van der Waals surface area contributed by atoms with E-state index in [-0.39, 0.29) is 0 Å². The lowest BCUT2D eigenvalue weighted by Crippen LogP contribution is -2.73. The van der Waals surface area contributed by atoms with Gasteiger partial charge in [-0.05, 0) is 12.1 Å². The second-order valence-electron chi connectivity index (χ2n) is 3.14. The molecule has 2 rings (SSSR count). The zero-order chi connectivity index (χ0) is 10.8. The Bertz CT molecular complexity index is 584. The number of primary amides is 1. The number of amides is 1. The summed E-state index contributed by atoms with van der Waals surface area (Å²) in [6.45, 7) is 0. The van der Waals surface area contributed by atoms with Crippen LogP contribution in [-0.2, 0) is 0 Å². The van der Waals surface area contributed by atoms with Gasteiger partial charge in [0.05, 0.1) is 0 Å². The highest BCUT2D eigenvalue weighted by molar-refractivity contribution is 5.95. The number of carbonyl (C=O) groups excluding carboxylic acids is 1. The third-order valence-corrected chi connectivity index (χ3v) is 2.17. The number of carbonyl (C=O) groups is 1. The van der Waals surface area contributed by atoms with E-state index in [1.807, 2.05) is 24.3 Å². The van der Waals surface area contributed by atoms with Crippen molar-refractivity contribution in [3.8, 4) is 0 Å². The highest BCUT2D eigenvalue weighted by atomic mass is 16.3. The van der Waals surface area contributed by atoms with Gasteiger partial charge in [0.2, 0.25) is 0 Å². The van der Waals surface area contributed by atoms with E-state index in [4.69, 9.17) is 10.2 Å². The average molecular weight is 203 g/mol. The van der Waals surface area contributed by atoms with Crippen molar-refractivity contribution in [1.82, 2.24) is 0 Å². The monoisotopic (exact) mass is 203 g/mol. The maximum Gasteiger partial charge on any atom is 0.379 e. The molecule has 2 aromatic rings. The lowest BCUT2D eigenvalue weighted by atomic mass is 10.2. The van der Waals surface area contributed by atoms with Crippen LogP contribution in [0.3, 0.4) is 0 Å². The number of nitrogens with one attached hydrogen (secondary N) is 1. The minimum Gasteiger partial charge on any atom is -0.404 e. The summed E-state index contributed by atoms with van der Waals surface area (Å²) in [5, 5.41) is 0.852. The van der Waals surface area contributed by atoms with Crippen molar-refractivity contribution < 1.29 is 14.2 Å². The maximum atomic E-state index is 11.1. The number of hydrogen-bond donors (Lipinski definition) is 2. The van der Waals surface area contributed by atoms with Crippen LogP contribution in [0.5, 0.6) is 0 Å². The normalized spacial score (nSPS) is 11.9. The molecule has 0 saturated heterocycles. The summed E-state index contributed by atoms with van der Waals surface area (Å²) in [6.07, 6.45) is 0. The van der Waals surface area contributed by atoms with Crippen LogP contribution in [0.15, 0.2) is 34.7 Å². The molecule has 1 aromatic heterocycles. The van der Waals surface area contributed by atoms with Crippen LogP contribution in [0.25, 0.3) is 11.0 Å². The fraction of sp³-hybridized carbons (Fsp3) is 0.0909. The number of benzene rings is 1. The summed E-state index contributed by atoms with van der Waals surface area (Å²) in [7, 11) is 1.68. The molecule has 76 valence electrons. The van der Waals surface area contributed by atoms with Gasteiger partial charge in [-0.15, -0.1) is 0 Å². The minimum atomic E-state index is -0.506. The molecule has 0 aliphatic rings. The van der Waals surface area contributed by atoms with Gasteiger partial charge in [-0.2, -0.15) is 0 Å². The van der Waals surface area contributed by atoms with E-state index in [9.17, 15) is 4.79 Å². The van der Waals surface area contributed by atoms with E-state index < -0.39 is 5.91 Å². The van der Waals surface area contributed by atoms with E-state index in [2.05, 4.69) is 4.99 Å². The molecule has 4 heteroatoms. The second-order valence-corrected chi connectivity index (χ2v) is 3.14. The van der Waals surface area contributed by atoms with Gasteiger partial charge in [0, 0.05) is 5.39 Å². The summed E-state index contributed by atoms with van der Waals surface area (Å²) in [4.78, 5) is 13.9. The summed E-state index contributed by atoms with van der Waals surface area (Å²) >= 11 is 0. The van der Waals surface area contributed by atoms with Crippen molar-refractivity contribution in [2.24, 2.45) is 5.73 Å². The Hall–Kier alpha value is -2.10. The van der Waals surface area contributed by atoms with Crippen LogP contribution in [0.1, 0.15) is 10.4 Å². The summed E-state index contributed by atoms with van der Waals surface area (Å²) in [5.41, 5.74) is 6.70. The Kier molecular flexibility index (Phi) is 2.25. The molecule has 0 aliphatic heterocycles. The summed E-state index contributed by atoms with van der Waals surface area (Å²) in [6, 6.07) is 9.16. The van der Waals surface area contributed by atoms with Gasteiger partial charge >= 0.3 is 5.55 Å². The molecule has 15 heavy (non-hydrogen) atoms. The molecule has 1 heterocycles. The number of para-hydroxylation sites is 1. The van der Waals surface area contributed by atoms with Crippen LogP contribution in [-0.4, -0.2) is 13.0 Å². The van der Waals surface area contributed by atoms with Gasteiger partial charge in [0.1, 0.15) is 12.6 Å². The average Bonchev–Trinajstić information content (AvgIpc) is 2.27. The first-order valence-corrected chi connectivity index (χ1v) is 4.56. The molecule has 0 bridgehead atoms. The minimum absolute atomic E-state index is 0.358. The van der Waals surface area contributed by atoms with E-state index in [1.165, 1.54) is 0 Å². The fourth-order valence-electron chi connectivity index (χ4n) is 1.45. The molecule has 4 nitrogen and oxygen atoms in total. The molecular weight excluding hydrogens is 192 g/mol. The largest absolute Gasteiger partial charge is 0.404 e. The van der Waals surface area contributed by atoms with Gasteiger partial charge in [0.15, 0.2) is 5.56 Å². The maximum absolute atomic E-state index is 11.1. The summed E-state index contributed by atoms with van der Waals surface area (Å²) in [5.74, 6) is -0.506. The first kappa shape index (κ1) is 9.45. The standard InChI is InChI=1S/C11H10N2O2/c1-13-11-8(10(12)14)6-7-4-2-3-5-9(7)15-11/h2-6H,1H3,(H2,12,14)/p+1. The van der Waals surface area contributed by atoms with Gasteiger partial charge in [-0.25, -0.2) is 4.99 Å². The van der Waals surface area contributed by atoms with Crippen molar-refractivity contribution in [3.05, 3.63) is 41.4 Å². The van der Waals surface area contributed by atoms with Gasteiger partial charge < -0.3 is 10.2 Å². The molecule has 0 saturated carbocycles. The third-order valence-electron chi connectivity index (χ3n) is 2.17. The SMILES string of the molecule is C[NH+]=c1oc2ccccc2cc1C(N)=O. The Morgan fingerprint density at radius 3 is 2.80 bits per heavy atom. The first-order chi connectivity index (χ1) is 7.22. The van der Waals surface area contributed by atoms with Gasteiger partial charge in [-0.3, -0.25) is 4.79 Å². The Morgan fingerprint density at radius 2 is 2.13 bits per heavy atom. The lowest BCUT2D eigenvalue weighted by Gasteiger charge is -1.97. The van der Waals surface area contributed by atoms with Crippen LogP contribution < -0.4 is 16.3 Å². The number of hydrogen-bond acceptors (Lipinski definition) is 2. The summed E-state index contributed by atoms with van der Waals surface area (Å²) < 4.78 is 5.49. The third kappa shape index (κ3) is 1.61. The highest BCUT2D eigenvalue weighted by Crippen LogP contribution is 2.11. The number of rotatable bonds is 1. The quantitative estimate of drug-likeness (QED) is 0.633. The van der Waals surface area contributed by atoms with Crippen LogP contribution in [0.4, 0.5) is 0 Å². The molecule has 0 atom stereocenters. The van der Waals surface area contributed by atoms with Gasteiger partial charge in [-0.1, -0.05) is 18.2 Å². The molecule has 3 N–H and O–H groups in total. The van der Waals surface area contributed by atoms with E-state index in [1.54, 1.807) is 13.1 Å². The van der Waals surface area contributed by atoms with Crippen molar-refractivity contribution in [2.45, 2.75) is 0 Å². The molecule has 1 amide bonds. The van der Waals surface area contributed by atoms with E-state index in [0.29, 0.717) is 16.7 Å². The number of fused-ring (bicyclic) bond motifs is 1. The van der Waals surface area contributed by atoms with Crippen molar-refractivity contribution in [3.63, 3.8) is 0 Å². The lowest BCUT2D eigenvalue weighted by molar-refractivity contribution is -0.478. The van der Waals surface area contributed by atoms with Crippen molar-refractivity contribution in [2.75, 3.05) is 7.05 Å². The predicted octanol–water partition coefficient (Wildman–Crippen LogP) is -0.857. The fourth-order valence-corrected chi connectivity index (χ4v) is 1.45. The molecule has 0 spiro atoms. The first-order valence-electron chi connectivity index (χ1n) is 4.56. The second kappa shape index (κ2) is 3.57. The van der Waals surface area contributed by atoms with Crippen LogP contribution in [0, 0.1) is 0 Å². The number of nitrogens with two attached hydrogens (primary N) is 1. The van der Waals surface area contributed by atoms with E-state index >= 15 is 0 Å². The molecule has 0 unspecified atom stereocenters. The Balaban J connectivity index is 2.87. The van der Waals surface area contributed by atoms with Crippen molar-refractivity contribution >= 4 is 16.9 Å². The zero-order valence-electron chi connectivity index (χ0n) is 8.28. The topological polar surface area (TPSA) is 70.2 Å². The molecule has 0 aliphatic carbocycles. The van der Waals surface area contributed by atoms with Crippen LogP contribution >= 0.6 is 0 Å². The Morgan fingerprint density at radius 1 is 1.40 bits per heavy atom. The molecule has 0 radical (unpaired) electrons. The predicted molar refractivity (Wildman–Crippen MR) is 54.8 cm³/mol. The van der Waals surface area contributed by atoms with Gasteiger partial charge in [0.25, 0.3) is 5.91 Å². The van der Waals surface area contributed by atoms with Crippen molar-refractivity contribution in [1.29, 1.82) is 0 Å². The van der Waals surface area contributed by atoms with E-state index in [0.717, 1.165) is 5.39 Å². The highest BCUT2D eigenvalue weighted by Gasteiger charge is 2.11. The van der Waals surface area contributed by atoms with Crippen LogP contribution in [0.2, 0.25) is 0 Å². The zero-order valence-corrected chi connectivity index (χ0v) is 8.28.